The lowest BCUT2D eigenvalue weighted by Crippen LogP contribution is -2.52. The minimum absolute atomic E-state index is 0.0769. The van der Waals surface area contributed by atoms with E-state index in [-0.39, 0.29) is 6.10 Å². The molecular weight excluding hydrogens is 224 g/mol. The Hall–Kier alpha value is -0.120. The second-order valence-corrected chi connectivity index (χ2v) is 6.16. The molecule has 0 radical (unpaired) electrons. The molecule has 0 bridgehead atoms. The fourth-order valence-corrected chi connectivity index (χ4v) is 3.76. The summed E-state index contributed by atoms with van der Waals surface area (Å²) >= 11 is 0. The van der Waals surface area contributed by atoms with Crippen molar-refractivity contribution >= 4 is 0 Å². The van der Waals surface area contributed by atoms with E-state index in [1.807, 2.05) is 0 Å². The van der Waals surface area contributed by atoms with E-state index < -0.39 is 0 Å². The van der Waals surface area contributed by atoms with E-state index in [2.05, 4.69) is 24.1 Å². The molecule has 0 aromatic carbocycles. The summed E-state index contributed by atoms with van der Waals surface area (Å²) in [5.74, 6) is 0.757. The van der Waals surface area contributed by atoms with Crippen LogP contribution >= 0.6 is 0 Å². The summed E-state index contributed by atoms with van der Waals surface area (Å²) in [4.78, 5) is 2.58. The summed E-state index contributed by atoms with van der Waals surface area (Å²) in [5, 5.41) is 13.8. The SMILES string of the molecule is CCNC(C)C1CCCN(C2CCCCC2O)C1. The molecule has 3 nitrogen and oxygen atoms in total. The Kier molecular flexibility index (Phi) is 5.46. The van der Waals surface area contributed by atoms with Crippen LogP contribution in [-0.2, 0) is 0 Å². The van der Waals surface area contributed by atoms with Crippen LogP contribution in [0.15, 0.2) is 0 Å². The van der Waals surface area contributed by atoms with Crippen LogP contribution in [-0.4, -0.2) is 47.8 Å². The van der Waals surface area contributed by atoms with Crippen molar-refractivity contribution in [3.05, 3.63) is 0 Å². The summed E-state index contributed by atoms with van der Waals surface area (Å²) in [6, 6.07) is 1.05. The van der Waals surface area contributed by atoms with Gasteiger partial charge in [-0.25, -0.2) is 0 Å². The molecule has 0 amide bonds. The summed E-state index contributed by atoms with van der Waals surface area (Å²) < 4.78 is 0. The van der Waals surface area contributed by atoms with Crippen molar-refractivity contribution in [2.45, 2.75) is 70.6 Å². The molecule has 1 saturated heterocycles. The molecule has 3 heteroatoms. The molecule has 2 N–H and O–H groups in total. The molecule has 4 unspecified atom stereocenters. The maximum atomic E-state index is 10.2. The lowest BCUT2D eigenvalue weighted by molar-refractivity contribution is -0.00333. The third kappa shape index (κ3) is 3.46. The largest absolute Gasteiger partial charge is 0.391 e. The average molecular weight is 254 g/mol. The molecule has 106 valence electrons. The van der Waals surface area contributed by atoms with E-state index in [1.54, 1.807) is 0 Å². The van der Waals surface area contributed by atoms with Gasteiger partial charge in [0.2, 0.25) is 0 Å². The zero-order chi connectivity index (χ0) is 13.0. The first kappa shape index (κ1) is 14.3. The molecule has 0 spiro atoms. The third-order valence-electron chi connectivity index (χ3n) is 4.89. The van der Waals surface area contributed by atoms with E-state index in [4.69, 9.17) is 0 Å². The van der Waals surface area contributed by atoms with E-state index >= 15 is 0 Å². The lowest BCUT2D eigenvalue weighted by atomic mass is 9.86. The van der Waals surface area contributed by atoms with E-state index in [0.29, 0.717) is 12.1 Å². The van der Waals surface area contributed by atoms with Crippen LogP contribution in [0.2, 0.25) is 0 Å². The number of nitrogens with one attached hydrogen (secondary N) is 1. The summed E-state index contributed by atoms with van der Waals surface area (Å²) in [7, 11) is 0. The van der Waals surface area contributed by atoms with Crippen LogP contribution in [0.1, 0.15) is 52.4 Å². The molecule has 1 aliphatic carbocycles. The van der Waals surface area contributed by atoms with Crippen molar-refractivity contribution in [3.8, 4) is 0 Å². The van der Waals surface area contributed by atoms with E-state index in [9.17, 15) is 5.11 Å². The van der Waals surface area contributed by atoms with Crippen LogP contribution in [0.3, 0.4) is 0 Å². The molecule has 4 atom stereocenters. The van der Waals surface area contributed by atoms with Crippen molar-refractivity contribution in [2.75, 3.05) is 19.6 Å². The van der Waals surface area contributed by atoms with Gasteiger partial charge in [0.15, 0.2) is 0 Å². The average Bonchev–Trinajstić information content (AvgIpc) is 2.40. The summed E-state index contributed by atoms with van der Waals surface area (Å²) in [6.45, 7) is 7.92. The van der Waals surface area contributed by atoms with Crippen LogP contribution in [0.4, 0.5) is 0 Å². The smallest absolute Gasteiger partial charge is 0.0695 e. The Bertz CT molecular complexity index is 247. The lowest BCUT2D eigenvalue weighted by Gasteiger charge is -2.43. The van der Waals surface area contributed by atoms with Crippen molar-refractivity contribution in [3.63, 3.8) is 0 Å². The number of hydrogen-bond acceptors (Lipinski definition) is 3. The van der Waals surface area contributed by atoms with Gasteiger partial charge in [0.1, 0.15) is 0 Å². The predicted octanol–water partition coefficient (Wildman–Crippen LogP) is 2.00. The fourth-order valence-electron chi connectivity index (χ4n) is 3.76. The Morgan fingerprint density at radius 1 is 1.22 bits per heavy atom. The van der Waals surface area contributed by atoms with Crippen LogP contribution < -0.4 is 5.32 Å². The summed E-state index contributed by atoms with van der Waals surface area (Å²) in [5.41, 5.74) is 0. The van der Waals surface area contributed by atoms with Gasteiger partial charge in [-0.3, -0.25) is 4.90 Å². The monoisotopic (exact) mass is 254 g/mol. The highest BCUT2D eigenvalue weighted by Crippen LogP contribution is 2.28. The van der Waals surface area contributed by atoms with Crippen molar-refractivity contribution in [1.82, 2.24) is 10.2 Å². The normalized spacial score (nSPS) is 36.5. The minimum atomic E-state index is -0.0769. The van der Waals surface area contributed by atoms with Gasteiger partial charge in [0.25, 0.3) is 0 Å². The molecule has 1 aliphatic heterocycles. The first-order valence-corrected chi connectivity index (χ1v) is 7.88. The topological polar surface area (TPSA) is 35.5 Å². The Morgan fingerprint density at radius 2 is 2.00 bits per heavy atom. The van der Waals surface area contributed by atoms with Crippen molar-refractivity contribution in [2.24, 2.45) is 5.92 Å². The number of nitrogens with zero attached hydrogens (tertiary/aromatic N) is 1. The molecule has 0 aromatic rings. The number of likely N-dealkylation sites (tertiary alicyclic amines) is 1. The summed E-state index contributed by atoms with van der Waals surface area (Å²) in [6.07, 6.45) is 7.27. The molecule has 0 aromatic heterocycles. The Morgan fingerprint density at radius 3 is 2.72 bits per heavy atom. The van der Waals surface area contributed by atoms with Crippen molar-refractivity contribution in [1.29, 1.82) is 0 Å². The van der Waals surface area contributed by atoms with Gasteiger partial charge in [-0.2, -0.15) is 0 Å². The first-order chi connectivity index (χ1) is 8.72. The molecule has 1 heterocycles. The van der Waals surface area contributed by atoms with Crippen LogP contribution in [0, 0.1) is 5.92 Å². The highest BCUT2D eigenvalue weighted by Gasteiger charge is 2.33. The molecular formula is C15H30N2O. The molecule has 2 aliphatic rings. The molecule has 2 rings (SSSR count). The van der Waals surface area contributed by atoms with Gasteiger partial charge >= 0.3 is 0 Å². The second-order valence-electron chi connectivity index (χ2n) is 6.16. The Balaban J connectivity index is 1.89. The fraction of sp³-hybridized carbons (Fsp3) is 1.00. The standard InChI is InChI=1S/C15H30N2O/c1-3-16-12(2)13-7-6-10-17(11-13)14-8-4-5-9-15(14)18/h12-16,18H,3-11H2,1-2H3. The Labute approximate surface area is 112 Å². The van der Waals surface area contributed by atoms with E-state index in [0.717, 1.165) is 18.9 Å². The van der Waals surface area contributed by atoms with E-state index in [1.165, 1.54) is 45.2 Å². The molecule has 2 fully saturated rings. The number of piperidine rings is 1. The zero-order valence-corrected chi connectivity index (χ0v) is 12.1. The van der Waals surface area contributed by atoms with Gasteiger partial charge in [-0.1, -0.05) is 19.8 Å². The van der Waals surface area contributed by atoms with Gasteiger partial charge in [0, 0.05) is 18.6 Å². The second kappa shape index (κ2) is 6.88. The van der Waals surface area contributed by atoms with Gasteiger partial charge in [0.05, 0.1) is 6.10 Å². The maximum Gasteiger partial charge on any atom is 0.0695 e. The molecule has 1 saturated carbocycles. The number of hydrogen-bond donors (Lipinski definition) is 2. The third-order valence-corrected chi connectivity index (χ3v) is 4.89. The first-order valence-electron chi connectivity index (χ1n) is 7.88. The highest BCUT2D eigenvalue weighted by atomic mass is 16.3. The minimum Gasteiger partial charge on any atom is -0.391 e. The quantitative estimate of drug-likeness (QED) is 0.805. The predicted molar refractivity (Wildman–Crippen MR) is 75.7 cm³/mol. The van der Waals surface area contributed by atoms with Gasteiger partial charge in [-0.15, -0.1) is 0 Å². The number of rotatable bonds is 4. The number of aliphatic hydroxyl groups excluding tert-OH is 1. The van der Waals surface area contributed by atoms with Crippen LogP contribution in [0.25, 0.3) is 0 Å². The van der Waals surface area contributed by atoms with Gasteiger partial charge in [-0.05, 0) is 51.6 Å². The zero-order valence-electron chi connectivity index (χ0n) is 12.1. The van der Waals surface area contributed by atoms with Gasteiger partial charge < -0.3 is 10.4 Å². The maximum absolute atomic E-state index is 10.2. The number of aliphatic hydroxyl groups is 1. The van der Waals surface area contributed by atoms with Crippen LogP contribution in [0.5, 0.6) is 0 Å². The van der Waals surface area contributed by atoms with Crippen molar-refractivity contribution < 1.29 is 5.11 Å². The molecule has 18 heavy (non-hydrogen) atoms. The highest BCUT2D eigenvalue weighted by molar-refractivity contribution is 4.88.